The lowest BCUT2D eigenvalue weighted by Crippen LogP contribution is -2.43. The van der Waals surface area contributed by atoms with Crippen molar-refractivity contribution in [2.75, 3.05) is 19.6 Å². The van der Waals surface area contributed by atoms with Crippen molar-refractivity contribution in [2.45, 2.75) is 44.5 Å². The van der Waals surface area contributed by atoms with E-state index in [9.17, 15) is 18.0 Å². The normalized spacial score (nSPS) is 16.4. The second kappa shape index (κ2) is 13.4. The van der Waals surface area contributed by atoms with Crippen LogP contribution < -0.4 is 10.1 Å². The molecule has 40 heavy (non-hydrogen) atoms. The van der Waals surface area contributed by atoms with Crippen LogP contribution in [0.1, 0.15) is 53.8 Å². The summed E-state index contributed by atoms with van der Waals surface area (Å²) in [6.45, 7) is 4.07. The zero-order valence-corrected chi connectivity index (χ0v) is 23.9. The monoisotopic (exact) mass is 614 g/mol. The SMILES string of the molecule is CC(CCNC(=O)c1c(Cl)cncc1Cl)N1CCC(C(Oc2cccc(Cl)n2)c2ccc(C(F)(F)F)cc2)CC1. The van der Waals surface area contributed by atoms with Gasteiger partial charge in [-0.2, -0.15) is 13.2 Å². The lowest BCUT2D eigenvalue weighted by molar-refractivity contribution is -0.137. The number of halogens is 6. The number of piperidine rings is 1. The Bertz CT molecular complexity index is 1280. The second-order valence-electron chi connectivity index (χ2n) is 9.70. The number of amides is 1. The van der Waals surface area contributed by atoms with E-state index in [0.29, 0.717) is 24.4 Å². The van der Waals surface area contributed by atoms with Gasteiger partial charge in [0.1, 0.15) is 11.3 Å². The molecule has 4 rings (SSSR count). The summed E-state index contributed by atoms with van der Waals surface area (Å²) in [5.74, 6) is 0.0180. The fraction of sp³-hybridized carbons (Fsp3) is 0.393. The second-order valence-corrected chi connectivity index (χ2v) is 10.9. The number of carbonyl (C=O) groups is 1. The molecule has 1 aliphatic rings. The Kier molecular flexibility index (Phi) is 10.2. The van der Waals surface area contributed by atoms with Gasteiger partial charge in [0.25, 0.3) is 5.91 Å². The third-order valence-electron chi connectivity index (χ3n) is 7.06. The molecule has 1 fully saturated rings. The summed E-state index contributed by atoms with van der Waals surface area (Å²) in [6.07, 6.45) is 0.0951. The van der Waals surface area contributed by atoms with E-state index in [1.165, 1.54) is 24.5 Å². The third kappa shape index (κ3) is 7.78. The van der Waals surface area contributed by atoms with Gasteiger partial charge in [0.05, 0.1) is 21.2 Å². The van der Waals surface area contributed by atoms with Gasteiger partial charge in [-0.3, -0.25) is 9.78 Å². The minimum atomic E-state index is -4.42. The lowest BCUT2D eigenvalue weighted by atomic mass is 9.86. The molecule has 0 bridgehead atoms. The maximum Gasteiger partial charge on any atom is 0.416 e. The van der Waals surface area contributed by atoms with Crippen LogP contribution in [0.25, 0.3) is 0 Å². The largest absolute Gasteiger partial charge is 0.469 e. The predicted octanol–water partition coefficient (Wildman–Crippen LogP) is 7.50. The number of rotatable bonds is 9. The number of aromatic nitrogens is 2. The zero-order valence-electron chi connectivity index (χ0n) is 21.6. The summed E-state index contributed by atoms with van der Waals surface area (Å²) in [7, 11) is 0. The van der Waals surface area contributed by atoms with Crippen LogP contribution in [0.2, 0.25) is 15.2 Å². The maximum absolute atomic E-state index is 13.1. The number of carbonyl (C=O) groups excluding carboxylic acids is 1. The molecule has 0 aliphatic carbocycles. The van der Waals surface area contributed by atoms with Crippen molar-refractivity contribution < 1.29 is 22.7 Å². The molecule has 214 valence electrons. The van der Waals surface area contributed by atoms with E-state index < -0.39 is 17.8 Å². The number of hydrogen-bond acceptors (Lipinski definition) is 5. The average Bonchev–Trinajstić information content (AvgIpc) is 2.91. The van der Waals surface area contributed by atoms with Crippen molar-refractivity contribution in [3.8, 4) is 5.88 Å². The minimum Gasteiger partial charge on any atom is -0.469 e. The Morgan fingerprint density at radius 2 is 1.73 bits per heavy atom. The minimum absolute atomic E-state index is 0.0524. The zero-order chi connectivity index (χ0) is 28.9. The molecule has 0 spiro atoms. The summed E-state index contributed by atoms with van der Waals surface area (Å²) < 4.78 is 45.6. The van der Waals surface area contributed by atoms with E-state index in [4.69, 9.17) is 39.5 Å². The topological polar surface area (TPSA) is 67.4 Å². The number of pyridine rings is 2. The fourth-order valence-electron chi connectivity index (χ4n) is 4.84. The van der Waals surface area contributed by atoms with Crippen molar-refractivity contribution in [1.82, 2.24) is 20.2 Å². The predicted molar refractivity (Wildman–Crippen MR) is 149 cm³/mol. The van der Waals surface area contributed by atoms with Crippen LogP contribution in [0.15, 0.2) is 54.9 Å². The van der Waals surface area contributed by atoms with Crippen LogP contribution in [-0.2, 0) is 6.18 Å². The van der Waals surface area contributed by atoms with E-state index in [-0.39, 0.29) is 38.6 Å². The fourth-order valence-corrected chi connectivity index (χ4v) is 5.53. The standard InChI is InChI=1S/C28H28Cl3F3N4O2/c1-17(9-12-36-27(39)25-21(29)15-35-16-22(25)30)38-13-10-19(11-14-38)26(40-24-4-2-3-23(31)37-24)18-5-7-20(8-6-18)28(32,33)34/h2-8,15-17,19,26H,9-14H2,1H3,(H,36,39). The number of nitrogens with one attached hydrogen (secondary N) is 1. The molecular weight excluding hydrogens is 588 g/mol. The highest BCUT2D eigenvalue weighted by Gasteiger charge is 2.33. The molecule has 3 aromatic rings. The van der Waals surface area contributed by atoms with Gasteiger partial charge in [-0.25, -0.2) is 4.98 Å². The number of ether oxygens (including phenoxy) is 1. The van der Waals surface area contributed by atoms with Gasteiger partial charge in [-0.05, 0) is 63.0 Å². The molecule has 2 aromatic heterocycles. The summed E-state index contributed by atoms with van der Waals surface area (Å²) in [6, 6.07) is 10.3. The highest BCUT2D eigenvalue weighted by molar-refractivity contribution is 6.39. The highest BCUT2D eigenvalue weighted by atomic mass is 35.5. The Morgan fingerprint density at radius 3 is 2.33 bits per heavy atom. The number of hydrogen-bond donors (Lipinski definition) is 1. The van der Waals surface area contributed by atoms with Crippen LogP contribution in [0, 0.1) is 5.92 Å². The van der Waals surface area contributed by atoms with Crippen molar-refractivity contribution in [2.24, 2.45) is 5.92 Å². The van der Waals surface area contributed by atoms with Crippen LogP contribution in [-0.4, -0.2) is 46.5 Å². The lowest BCUT2D eigenvalue weighted by Gasteiger charge is -2.39. The first-order chi connectivity index (χ1) is 19.0. The molecule has 3 heterocycles. The van der Waals surface area contributed by atoms with Gasteiger partial charge in [0.15, 0.2) is 0 Å². The highest BCUT2D eigenvalue weighted by Crippen LogP contribution is 2.37. The molecule has 12 heteroatoms. The number of alkyl halides is 3. The van der Waals surface area contributed by atoms with Gasteiger partial charge in [-0.15, -0.1) is 0 Å². The van der Waals surface area contributed by atoms with Gasteiger partial charge < -0.3 is 15.0 Å². The summed E-state index contributed by atoms with van der Waals surface area (Å²) in [5, 5.41) is 3.52. The van der Waals surface area contributed by atoms with Crippen LogP contribution >= 0.6 is 34.8 Å². The molecule has 0 radical (unpaired) electrons. The molecule has 1 N–H and O–H groups in total. The molecular formula is C28H28Cl3F3N4O2. The average molecular weight is 616 g/mol. The molecule has 1 aliphatic heterocycles. The van der Waals surface area contributed by atoms with Gasteiger partial charge >= 0.3 is 6.18 Å². The van der Waals surface area contributed by atoms with Crippen molar-refractivity contribution >= 4 is 40.7 Å². The number of likely N-dealkylation sites (tertiary alicyclic amines) is 1. The van der Waals surface area contributed by atoms with Gasteiger partial charge in [0.2, 0.25) is 5.88 Å². The van der Waals surface area contributed by atoms with Crippen LogP contribution in [0.4, 0.5) is 13.2 Å². The molecule has 1 aromatic carbocycles. The molecule has 6 nitrogen and oxygen atoms in total. The van der Waals surface area contributed by atoms with Gasteiger partial charge in [0, 0.05) is 37.0 Å². The Hall–Kier alpha value is -2.59. The molecule has 1 saturated heterocycles. The Morgan fingerprint density at radius 1 is 1.07 bits per heavy atom. The van der Waals surface area contributed by atoms with E-state index >= 15 is 0 Å². The Labute approximate surface area is 245 Å². The first-order valence-electron chi connectivity index (χ1n) is 12.8. The Balaban J connectivity index is 1.37. The quantitative estimate of drug-likeness (QED) is 0.253. The first-order valence-corrected chi connectivity index (χ1v) is 13.9. The molecule has 1 amide bonds. The van der Waals surface area contributed by atoms with Gasteiger partial charge in [-0.1, -0.05) is 53.0 Å². The number of benzene rings is 1. The smallest absolute Gasteiger partial charge is 0.416 e. The van der Waals surface area contributed by atoms with E-state index in [0.717, 1.165) is 38.1 Å². The molecule has 2 atom stereocenters. The molecule has 0 saturated carbocycles. The first kappa shape index (κ1) is 30.4. The maximum atomic E-state index is 13.1. The van der Waals surface area contributed by atoms with E-state index in [2.05, 4.69) is 27.1 Å². The number of nitrogens with zero attached hydrogens (tertiary/aromatic N) is 3. The van der Waals surface area contributed by atoms with Crippen LogP contribution in [0.3, 0.4) is 0 Å². The van der Waals surface area contributed by atoms with Crippen molar-refractivity contribution in [3.05, 3.63) is 86.7 Å². The van der Waals surface area contributed by atoms with E-state index in [1.807, 2.05) is 0 Å². The van der Waals surface area contributed by atoms with Crippen LogP contribution in [0.5, 0.6) is 5.88 Å². The summed E-state index contributed by atoms with van der Waals surface area (Å²) in [5.41, 5.74) is 0.146. The third-order valence-corrected chi connectivity index (χ3v) is 7.84. The summed E-state index contributed by atoms with van der Waals surface area (Å²) >= 11 is 18.2. The molecule has 2 unspecified atom stereocenters. The van der Waals surface area contributed by atoms with Crippen molar-refractivity contribution in [1.29, 1.82) is 0 Å². The van der Waals surface area contributed by atoms with E-state index in [1.54, 1.807) is 18.2 Å². The summed E-state index contributed by atoms with van der Waals surface area (Å²) in [4.78, 5) is 22.9. The van der Waals surface area contributed by atoms with Crippen molar-refractivity contribution in [3.63, 3.8) is 0 Å².